The molecule has 1 aliphatic carbocycles. The molecule has 1 amide bonds. The largest absolute Gasteiger partial charge is 0.405 e. The molecule has 1 aliphatic heterocycles. The van der Waals surface area contributed by atoms with Gasteiger partial charge in [0.15, 0.2) is 0 Å². The lowest BCUT2D eigenvalue weighted by Crippen LogP contribution is -2.47. The molecule has 6 heteroatoms. The minimum Gasteiger partial charge on any atom is -0.346 e. The van der Waals surface area contributed by atoms with Crippen LogP contribution in [0.2, 0.25) is 0 Å². The van der Waals surface area contributed by atoms with Crippen LogP contribution < -0.4 is 5.32 Å². The van der Waals surface area contributed by atoms with Crippen molar-refractivity contribution in [1.82, 2.24) is 10.2 Å². The quantitative estimate of drug-likeness (QED) is 0.558. The van der Waals surface area contributed by atoms with Crippen molar-refractivity contribution >= 4 is 5.91 Å². The molecule has 1 fully saturated rings. The van der Waals surface area contributed by atoms with E-state index in [1.165, 1.54) is 12.8 Å². The number of halogens is 3. The second-order valence-electron chi connectivity index (χ2n) is 9.75. The van der Waals surface area contributed by atoms with E-state index in [1.54, 1.807) is 0 Å². The SMILES string of the molecule is CC1CCN(C(C)CCCC2(C(=O)NCC(F)(F)F)c3ccccc3-c3ccccc32)CC1. The van der Waals surface area contributed by atoms with E-state index in [2.05, 4.69) is 24.1 Å². The van der Waals surface area contributed by atoms with E-state index in [0.29, 0.717) is 12.5 Å². The van der Waals surface area contributed by atoms with Crippen LogP contribution in [0, 0.1) is 5.92 Å². The number of carbonyl (C=O) groups is 1. The third-order valence-corrected chi connectivity index (χ3v) is 7.52. The fourth-order valence-electron chi connectivity index (χ4n) is 5.60. The second-order valence-corrected chi connectivity index (χ2v) is 9.75. The number of hydrogen-bond acceptors (Lipinski definition) is 2. The number of fused-ring (bicyclic) bond motifs is 3. The highest BCUT2D eigenvalue weighted by Crippen LogP contribution is 2.51. The normalized spacial score (nSPS) is 19.1. The van der Waals surface area contributed by atoms with Crippen molar-refractivity contribution in [2.24, 2.45) is 5.92 Å². The number of nitrogens with zero attached hydrogens (tertiary/aromatic N) is 1. The molecule has 2 aromatic rings. The lowest BCUT2D eigenvalue weighted by atomic mass is 9.73. The van der Waals surface area contributed by atoms with E-state index in [0.717, 1.165) is 54.1 Å². The van der Waals surface area contributed by atoms with E-state index in [-0.39, 0.29) is 0 Å². The van der Waals surface area contributed by atoms with Gasteiger partial charge in [-0.2, -0.15) is 13.2 Å². The summed E-state index contributed by atoms with van der Waals surface area (Å²) in [4.78, 5) is 16.0. The summed E-state index contributed by atoms with van der Waals surface area (Å²) < 4.78 is 39.0. The van der Waals surface area contributed by atoms with Crippen molar-refractivity contribution in [2.75, 3.05) is 19.6 Å². The van der Waals surface area contributed by atoms with Gasteiger partial charge in [-0.25, -0.2) is 0 Å². The summed E-state index contributed by atoms with van der Waals surface area (Å²) in [6, 6.07) is 15.7. The predicted octanol–water partition coefficient (Wildman–Crippen LogP) is 5.92. The number of piperidine rings is 1. The Morgan fingerprint density at radius 3 is 2.15 bits per heavy atom. The maximum absolute atomic E-state index is 13.5. The van der Waals surface area contributed by atoms with Crippen molar-refractivity contribution in [3.05, 3.63) is 59.7 Å². The van der Waals surface area contributed by atoms with E-state index in [9.17, 15) is 18.0 Å². The second kappa shape index (κ2) is 9.49. The van der Waals surface area contributed by atoms with Crippen molar-refractivity contribution in [3.8, 4) is 11.1 Å². The highest BCUT2D eigenvalue weighted by molar-refractivity contribution is 6.00. The Kier molecular flexibility index (Phi) is 6.85. The topological polar surface area (TPSA) is 32.3 Å². The number of rotatable bonds is 7. The number of benzene rings is 2. The minimum atomic E-state index is -4.45. The number of amides is 1. The molecule has 3 nitrogen and oxygen atoms in total. The van der Waals surface area contributed by atoms with Crippen LogP contribution in [-0.4, -0.2) is 42.7 Å². The summed E-state index contributed by atoms with van der Waals surface area (Å²) >= 11 is 0. The molecule has 1 saturated heterocycles. The molecule has 4 rings (SSSR count). The summed E-state index contributed by atoms with van der Waals surface area (Å²) in [7, 11) is 0. The van der Waals surface area contributed by atoms with Gasteiger partial charge >= 0.3 is 6.18 Å². The number of likely N-dealkylation sites (tertiary alicyclic amines) is 1. The fraction of sp³-hybridized carbons (Fsp3) is 0.519. The average molecular weight is 459 g/mol. The molecule has 0 saturated carbocycles. The third-order valence-electron chi connectivity index (χ3n) is 7.52. The molecule has 1 N–H and O–H groups in total. The summed E-state index contributed by atoms with van der Waals surface area (Å²) in [6.45, 7) is 5.37. The summed E-state index contributed by atoms with van der Waals surface area (Å²) in [5.74, 6) is 0.206. The van der Waals surface area contributed by atoms with Crippen LogP contribution in [0.1, 0.15) is 57.1 Å². The van der Waals surface area contributed by atoms with Crippen molar-refractivity contribution in [1.29, 1.82) is 0 Å². The highest BCUT2D eigenvalue weighted by atomic mass is 19.4. The van der Waals surface area contributed by atoms with E-state index in [1.807, 2.05) is 48.5 Å². The Morgan fingerprint density at radius 2 is 1.61 bits per heavy atom. The van der Waals surface area contributed by atoms with Crippen LogP contribution >= 0.6 is 0 Å². The molecule has 0 aromatic heterocycles. The maximum Gasteiger partial charge on any atom is 0.405 e. The van der Waals surface area contributed by atoms with Gasteiger partial charge in [0.2, 0.25) is 5.91 Å². The van der Waals surface area contributed by atoms with Gasteiger partial charge in [-0.1, -0.05) is 61.9 Å². The zero-order valence-corrected chi connectivity index (χ0v) is 19.4. The van der Waals surface area contributed by atoms with Crippen molar-refractivity contribution in [2.45, 2.75) is 63.6 Å². The van der Waals surface area contributed by atoms with Gasteiger partial charge < -0.3 is 10.2 Å². The van der Waals surface area contributed by atoms with Crippen LogP contribution in [0.5, 0.6) is 0 Å². The Labute approximate surface area is 194 Å². The Morgan fingerprint density at radius 1 is 1.06 bits per heavy atom. The smallest absolute Gasteiger partial charge is 0.346 e. The lowest BCUT2D eigenvalue weighted by molar-refractivity contribution is -0.141. The molecule has 0 radical (unpaired) electrons. The number of nitrogens with one attached hydrogen (secondary N) is 1. The standard InChI is InChI=1S/C27H33F3N2O/c1-19-13-16-32(17-14-19)20(2)8-7-15-26(25(33)31-18-27(28,29)30)23-11-5-3-9-21(23)22-10-4-6-12-24(22)26/h3-6,9-12,19-20H,7-8,13-18H2,1-2H3,(H,31,33). The Balaban J connectivity index is 1.60. The average Bonchev–Trinajstić information content (AvgIpc) is 3.08. The lowest BCUT2D eigenvalue weighted by Gasteiger charge is -2.36. The van der Waals surface area contributed by atoms with Crippen LogP contribution in [-0.2, 0) is 10.2 Å². The Hall–Kier alpha value is -2.34. The molecule has 178 valence electrons. The van der Waals surface area contributed by atoms with E-state index >= 15 is 0 Å². The van der Waals surface area contributed by atoms with Gasteiger partial charge in [0.1, 0.15) is 12.0 Å². The molecular formula is C27H33F3N2O. The van der Waals surface area contributed by atoms with Gasteiger partial charge in [0.05, 0.1) is 0 Å². The van der Waals surface area contributed by atoms with E-state index < -0.39 is 24.0 Å². The first kappa shape index (κ1) is 23.8. The summed E-state index contributed by atoms with van der Waals surface area (Å²) in [6.07, 6.45) is 0.111. The molecule has 2 aliphatic rings. The molecule has 1 heterocycles. The molecule has 0 bridgehead atoms. The zero-order valence-electron chi connectivity index (χ0n) is 19.4. The first-order chi connectivity index (χ1) is 15.7. The van der Waals surface area contributed by atoms with Gasteiger partial charge in [-0.3, -0.25) is 4.79 Å². The summed E-state index contributed by atoms with van der Waals surface area (Å²) in [5, 5.41) is 2.22. The van der Waals surface area contributed by atoms with Crippen LogP contribution in [0.15, 0.2) is 48.5 Å². The van der Waals surface area contributed by atoms with Crippen molar-refractivity contribution in [3.63, 3.8) is 0 Å². The fourth-order valence-corrected chi connectivity index (χ4v) is 5.60. The molecule has 33 heavy (non-hydrogen) atoms. The van der Waals surface area contributed by atoms with E-state index in [4.69, 9.17) is 0 Å². The van der Waals surface area contributed by atoms with Crippen LogP contribution in [0.4, 0.5) is 13.2 Å². The summed E-state index contributed by atoms with van der Waals surface area (Å²) in [5.41, 5.74) is 2.39. The number of carbonyl (C=O) groups excluding carboxylic acids is 1. The third kappa shape index (κ3) is 4.81. The Bertz CT molecular complexity index is 934. The van der Waals surface area contributed by atoms with Gasteiger partial charge in [0, 0.05) is 6.04 Å². The van der Waals surface area contributed by atoms with Crippen LogP contribution in [0.25, 0.3) is 11.1 Å². The number of hydrogen-bond donors (Lipinski definition) is 1. The monoisotopic (exact) mass is 458 g/mol. The van der Waals surface area contributed by atoms with Crippen LogP contribution in [0.3, 0.4) is 0 Å². The predicted molar refractivity (Wildman–Crippen MR) is 125 cm³/mol. The van der Waals surface area contributed by atoms with Gasteiger partial charge in [-0.15, -0.1) is 0 Å². The zero-order chi connectivity index (χ0) is 23.6. The van der Waals surface area contributed by atoms with Gasteiger partial charge in [0.25, 0.3) is 0 Å². The molecule has 1 atom stereocenters. The highest BCUT2D eigenvalue weighted by Gasteiger charge is 2.49. The molecule has 2 aromatic carbocycles. The minimum absolute atomic E-state index is 0.389. The molecular weight excluding hydrogens is 425 g/mol. The first-order valence-electron chi connectivity index (χ1n) is 12.0. The first-order valence-corrected chi connectivity index (χ1v) is 12.0. The number of alkyl halides is 3. The maximum atomic E-state index is 13.5. The van der Waals surface area contributed by atoms with Crippen molar-refractivity contribution < 1.29 is 18.0 Å². The molecule has 1 unspecified atom stereocenters. The van der Waals surface area contributed by atoms with Gasteiger partial charge in [-0.05, 0) is 73.9 Å². The molecule has 0 spiro atoms.